The van der Waals surface area contributed by atoms with E-state index >= 15 is 0 Å². The van der Waals surface area contributed by atoms with Crippen molar-refractivity contribution in [2.24, 2.45) is 0 Å². The molecule has 1 amide bonds. The second-order valence-electron chi connectivity index (χ2n) is 6.90. The Labute approximate surface area is 147 Å². The van der Waals surface area contributed by atoms with Crippen LogP contribution in [0.5, 0.6) is 0 Å². The Balaban J connectivity index is 1.43. The third kappa shape index (κ3) is 4.80. The van der Waals surface area contributed by atoms with Crippen LogP contribution in [0.4, 0.5) is 4.39 Å². The maximum Gasteiger partial charge on any atom is 0.224 e. The first-order chi connectivity index (χ1) is 12.0. The number of H-pyrrole nitrogens is 1. The number of carbonyl (C=O) groups excluding carboxylic acids is 1. The van der Waals surface area contributed by atoms with E-state index in [1.807, 2.05) is 0 Å². The first-order valence-corrected chi connectivity index (χ1v) is 8.91. The molecule has 1 fully saturated rings. The number of nitrogens with zero attached hydrogens (tertiary/aromatic N) is 1. The van der Waals surface area contributed by atoms with Gasteiger partial charge in [-0.1, -0.05) is 0 Å². The van der Waals surface area contributed by atoms with Gasteiger partial charge in [0.05, 0.1) is 18.6 Å². The second-order valence-corrected chi connectivity index (χ2v) is 6.90. The molecule has 25 heavy (non-hydrogen) atoms. The first kappa shape index (κ1) is 17.9. The lowest BCUT2D eigenvalue weighted by Gasteiger charge is -2.35. The summed E-state index contributed by atoms with van der Waals surface area (Å²) >= 11 is 0. The van der Waals surface area contributed by atoms with Crippen molar-refractivity contribution in [3.63, 3.8) is 0 Å². The number of nitrogens with one attached hydrogen (secondary N) is 2. The Morgan fingerprint density at radius 2 is 2.12 bits per heavy atom. The molecule has 0 unspecified atom stereocenters. The minimum absolute atomic E-state index is 0.0334. The number of aromatic nitrogens is 1. The minimum Gasteiger partial charge on any atom is -0.373 e. The molecular weight excluding hydrogens is 321 g/mol. The number of ether oxygens (including phenoxy) is 1. The number of morpholine rings is 1. The fourth-order valence-corrected chi connectivity index (χ4v) is 3.53. The van der Waals surface area contributed by atoms with E-state index in [1.54, 1.807) is 12.3 Å². The van der Waals surface area contributed by atoms with Crippen LogP contribution < -0.4 is 5.32 Å². The third-order valence-electron chi connectivity index (χ3n) is 4.55. The lowest BCUT2D eigenvalue weighted by atomic mass is 10.1. The highest BCUT2D eigenvalue weighted by Gasteiger charge is 2.21. The van der Waals surface area contributed by atoms with Crippen molar-refractivity contribution in [3.05, 3.63) is 35.8 Å². The lowest BCUT2D eigenvalue weighted by molar-refractivity contribution is -0.120. The quantitative estimate of drug-likeness (QED) is 0.789. The van der Waals surface area contributed by atoms with Gasteiger partial charge in [0.2, 0.25) is 5.91 Å². The summed E-state index contributed by atoms with van der Waals surface area (Å²) in [5.74, 6) is -0.323. The van der Waals surface area contributed by atoms with E-state index in [2.05, 4.69) is 29.0 Å². The van der Waals surface area contributed by atoms with Crippen molar-refractivity contribution < 1.29 is 13.9 Å². The molecule has 0 bridgehead atoms. The van der Waals surface area contributed by atoms with Gasteiger partial charge in [-0.2, -0.15) is 0 Å². The zero-order valence-electron chi connectivity index (χ0n) is 14.8. The van der Waals surface area contributed by atoms with Gasteiger partial charge >= 0.3 is 0 Å². The molecule has 1 aromatic heterocycles. The van der Waals surface area contributed by atoms with Crippen LogP contribution in [0.2, 0.25) is 0 Å². The normalized spacial score (nSPS) is 21.6. The molecule has 1 aromatic carbocycles. The van der Waals surface area contributed by atoms with Crippen LogP contribution in [-0.2, 0) is 16.0 Å². The molecular formula is C19H26FN3O2. The van der Waals surface area contributed by atoms with Gasteiger partial charge in [0.1, 0.15) is 5.82 Å². The zero-order chi connectivity index (χ0) is 17.8. The Kier molecular flexibility index (Phi) is 5.71. The molecule has 3 rings (SSSR count). The van der Waals surface area contributed by atoms with Crippen LogP contribution in [0.25, 0.3) is 10.9 Å². The van der Waals surface area contributed by atoms with Crippen molar-refractivity contribution >= 4 is 16.8 Å². The predicted molar refractivity (Wildman–Crippen MR) is 96.0 cm³/mol. The number of fused-ring (bicyclic) bond motifs is 1. The summed E-state index contributed by atoms with van der Waals surface area (Å²) in [6.07, 6.45) is 3.48. The number of rotatable bonds is 6. The summed E-state index contributed by atoms with van der Waals surface area (Å²) in [5.41, 5.74) is 1.67. The van der Waals surface area contributed by atoms with Gasteiger partial charge in [0, 0.05) is 43.3 Å². The number of hydrogen-bond acceptors (Lipinski definition) is 3. The summed E-state index contributed by atoms with van der Waals surface area (Å²) in [7, 11) is 0. The zero-order valence-corrected chi connectivity index (χ0v) is 14.8. The summed E-state index contributed by atoms with van der Waals surface area (Å²) in [4.78, 5) is 17.6. The van der Waals surface area contributed by atoms with Gasteiger partial charge in [0.25, 0.3) is 0 Å². The molecule has 5 nitrogen and oxygen atoms in total. The van der Waals surface area contributed by atoms with Crippen LogP contribution in [0, 0.1) is 5.82 Å². The van der Waals surface area contributed by atoms with E-state index in [1.165, 1.54) is 12.1 Å². The van der Waals surface area contributed by atoms with E-state index in [9.17, 15) is 9.18 Å². The summed E-state index contributed by atoms with van der Waals surface area (Å²) in [5, 5.41) is 3.73. The van der Waals surface area contributed by atoms with Crippen LogP contribution in [0.1, 0.15) is 25.8 Å². The maximum atomic E-state index is 13.4. The Hall–Kier alpha value is -1.92. The van der Waals surface area contributed by atoms with Crippen molar-refractivity contribution in [3.8, 4) is 0 Å². The van der Waals surface area contributed by atoms with E-state index in [4.69, 9.17) is 4.74 Å². The highest BCUT2D eigenvalue weighted by atomic mass is 19.1. The summed E-state index contributed by atoms with van der Waals surface area (Å²) in [6, 6.07) is 4.57. The van der Waals surface area contributed by atoms with Gasteiger partial charge in [-0.15, -0.1) is 0 Å². The van der Waals surface area contributed by atoms with Gasteiger partial charge in [-0.3, -0.25) is 9.69 Å². The molecule has 1 aliphatic rings. The van der Waals surface area contributed by atoms with Crippen molar-refractivity contribution in [2.45, 2.75) is 38.9 Å². The molecule has 2 aromatic rings. The molecule has 2 heterocycles. The van der Waals surface area contributed by atoms with E-state index in [-0.39, 0.29) is 30.4 Å². The molecule has 0 spiro atoms. The van der Waals surface area contributed by atoms with Gasteiger partial charge in [0.15, 0.2) is 0 Å². The monoisotopic (exact) mass is 347 g/mol. The fourth-order valence-electron chi connectivity index (χ4n) is 3.53. The van der Waals surface area contributed by atoms with Crippen LogP contribution >= 0.6 is 0 Å². The molecule has 0 saturated carbocycles. The summed E-state index contributed by atoms with van der Waals surface area (Å²) in [6.45, 7) is 7.67. The standard InChI is InChI=1S/C19H26FN3O2/c1-13-11-23(12-14(2)25-13)7-3-6-21-19(24)8-15-10-22-18-5-4-16(20)9-17(15)18/h4-5,9-10,13-14,22H,3,6-8,11-12H2,1-2H3,(H,21,24)/t13-,14-/m1/s1. The largest absolute Gasteiger partial charge is 0.373 e. The number of amides is 1. The molecule has 0 radical (unpaired) electrons. The Morgan fingerprint density at radius 3 is 2.88 bits per heavy atom. The Bertz CT molecular complexity index is 721. The average molecular weight is 347 g/mol. The SMILES string of the molecule is C[C@@H]1CN(CCCNC(=O)Cc2c[nH]c3ccc(F)cc23)C[C@@H](C)O1. The van der Waals surface area contributed by atoms with Crippen LogP contribution in [-0.4, -0.2) is 54.2 Å². The Morgan fingerprint density at radius 1 is 1.36 bits per heavy atom. The van der Waals surface area contributed by atoms with Gasteiger partial charge in [-0.05, 0) is 44.0 Å². The summed E-state index contributed by atoms with van der Waals surface area (Å²) < 4.78 is 19.1. The fraction of sp³-hybridized carbons (Fsp3) is 0.526. The van der Waals surface area contributed by atoms with Crippen LogP contribution in [0.15, 0.2) is 24.4 Å². The van der Waals surface area contributed by atoms with Crippen molar-refractivity contribution in [2.75, 3.05) is 26.2 Å². The number of halogens is 1. The molecule has 0 aliphatic carbocycles. The van der Waals surface area contributed by atoms with Crippen LogP contribution in [0.3, 0.4) is 0 Å². The number of hydrogen-bond donors (Lipinski definition) is 2. The number of aromatic amines is 1. The molecule has 6 heteroatoms. The smallest absolute Gasteiger partial charge is 0.224 e. The highest BCUT2D eigenvalue weighted by molar-refractivity contribution is 5.88. The minimum atomic E-state index is -0.289. The number of carbonyl (C=O) groups is 1. The van der Waals surface area contributed by atoms with E-state index in [0.717, 1.165) is 42.5 Å². The highest BCUT2D eigenvalue weighted by Crippen LogP contribution is 2.19. The van der Waals surface area contributed by atoms with E-state index < -0.39 is 0 Å². The van der Waals surface area contributed by atoms with E-state index in [0.29, 0.717) is 6.54 Å². The second kappa shape index (κ2) is 7.97. The first-order valence-electron chi connectivity index (χ1n) is 8.91. The van der Waals surface area contributed by atoms with Gasteiger partial charge < -0.3 is 15.0 Å². The molecule has 1 saturated heterocycles. The molecule has 2 N–H and O–H groups in total. The number of benzene rings is 1. The van der Waals surface area contributed by atoms with Crippen molar-refractivity contribution in [1.29, 1.82) is 0 Å². The van der Waals surface area contributed by atoms with Gasteiger partial charge in [-0.25, -0.2) is 4.39 Å². The lowest BCUT2D eigenvalue weighted by Crippen LogP contribution is -2.46. The predicted octanol–water partition coefficient (Wildman–Crippen LogP) is 2.47. The van der Waals surface area contributed by atoms with Crippen molar-refractivity contribution in [1.82, 2.24) is 15.2 Å². The average Bonchev–Trinajstić information content (AvgIpc) is 2.93. The third-order valence-corrected chi connectivity index (χ3v) is 4.55. The topological polar surface area (TPSA) is 57.4 Å². The molecule has 1 aliphatic heterocycles. The maximum absolute atomic E-state index is 13.4. The molecule has 2 atom stereocenters. The molecule has 136 valence electrons.